The third-order valence-corrected chi connectivity index (χ3v) is 4.00. The first-order valence-electron chi connectivity index (χ1n) is 5.90. The standard InChI is InChI=1S/C15H10ClF3OS/c16-12-4-1-10(2-5-12)9-21(20)8-7-11-3-6-13(17)15(19)14(11)18/h1-8H,9H2/b8-7+. The second kappa shape index (κ2) is 6.91. The maximum atomic E-state index is 13.4. The molecule has 0 N–H and O–H groups in total. The molecule has 0 aliphatic rings. The van der Waals surface area contributed by atoms with Crippen molar-refractivity contribution in [3.05, 3.63) is 75.4 Å². The molecule has 0 aliphatic carbocycles. The molecule has 2 aromatic rings. The van der Waals surface area contributed by atoms with Crippen molar-refractivity contribution in [2.45, 2.75) is 5.75 Å². The minimum Gasteiger partial charge on any atom is -0.255 e. The molecule has 0 saturated carbocycles. The minimum absolute atomic E-state index is 0.154. The molecule has 6 heteroatoms. The van der Waals surface area contributed by atoms with Crippen LogP contribution in [0.1, 0.15) is 11.1 Å². The van der Waals surface area contributed by atoms with Crippen LogP contribution in [0, 0.1) is 17.5 Å². The van der Waals surface area contributed by atoms with Gasteiger partial charge in [0.05, 0.1) is 16.6 Å². The summed E-state index contributed by atoms with van der Waals surface area (Å²) in [4.78, 5) is 0. The highest BCUT2D eigenvalue weighted by molar-refractivity contribution is 7.87. The van der Waals surface area contributed by atoms with E-state index >= 15 is 0 Å². The first-order chi connectivity index (χ1) is 9.97. The molecule has 2 aromatic carbocycles. The maximum Gasteiger partial charge on any atom is 0.195 e. The molecular formula is C15H10ClF3OS. The Morgan fingerprint density at radius 1 is 1.00 bits per heavy atom. The van der Waals surface area contributed by atoms with Gasteiger partial charge in [-0.05, 0) is 35.9 Å². The van der Waals surface area contributed by atoms with Gasteiger partial charge < -0.3 is 0 Å². The van der Waals surface area contributed by atoms with Gasteiger partial charge in [0.15, 0.2) is 17.5 Å². The summed E-state index contributed by atoms with van der Waals surface area (Å²) in [5, 5.41) is 1.81. The van der Waals surface area contributed by atoms with Crippen LogP contribution in [0.2, 0.25) is 5.02 Å². The summed E-state index contributed by atoms with van der Waals surface area (Å²) >= 11 is 5.74. The Morgan fingerprint density at radius 3 is 2.33 bits per heavy atom. The molecule has 21 heavy (non-hydrogen) atoms. The van der Waals surface area contributed by atoms with E-state index in [0.717, 1.165) is 17.7 Å². The van der Waals surface area contributed by atoms with Crippen molar-refractivity contribution in [3.8, 4) is 0 Å². The van der Waals surface area contributed by atoms with E-state index < -0.39 is 28.3 Å². The van der Waals surface area contributed by atoms with Gasteiger partial charge in [0.25, 0.3) is 0 Å². The van der Waals surface area contributed by atoms with E-state index in [1.54, 1.807) is 24.3 Å². The first-order valence-corrected chi connectivity index (χ1v) is 7.66. The summed E-state index contributed by atoms with van der Waals surface area (Å²) in [7, 11) is -1.40. The van der Waals surface area contributed by atoms with E-state index in [0.29, 0.717) is 5.02 Å². The van der Waals surface area contributed by atoms with Crippen molar-refractivity contribution >= 4 is 28.5 Å². The van der Waals surface area contributed by atoms with Crippen molar-refractivity contribution in [2.75, 3.05) is 0 Å². The Hall–Kier alpha value is -1.59. The van der Waals surface area contributed by atoms with Gasteiger partial charge in [0.1, 0.15) is 0 Å². The fourth-order valence-corrected chi connectivity index (χ4v) is 2.65. The molecule has 0 aromatic heterocycles. The molecule has 1 unspecified atom stereocenters. The van der Waals surface area contributed by atoms with Gasteiger partial charge in [0.2, 0.25) is 0 Å². The number of halogens is 4. The van der Waals surface area contributed by atoms with Crippen LogP contribution in [0.3, 0.4) is 0 Å². The maximum absolute atomic E-state index is 13.4. The summed E-state index contributed by atoms with van der Waals surface area (Å²) in [6.07, 6.45) is 1.17. The molecule has 1 nitrogen and oxygen atoms in total. The Bertz CT molecular complexity index is 699. The van der Waals surface area contributed by atoms with Crippen molar-refractivity contribution in [3.63, 3.8) is 0 Å². The lowest BCUT2D eigenvalue weighted by Gasteiger charge is -2.00. The molecule has 0 bridgehead atoms. The lowest BCUT2D eigenvalue weighted by Crippen LogP contribution is -1.94. The fraction of sp³-hybridized carbons (Fsp3) is 0.0667. The van der Waals surface area contributed by atoms with Gasteiger partial charge in [-0.15, -0.1) is 0 Å². The predicted octanol–water partition coefficient (Wildman–Crippen LogP) is 4.68. The molecule has 0 saturated heterocycles. The number of benzene rings is 2. The number of hydrogen-bond donors (Lipinski definition) is 0. The lowest BCUT2D eigenvalue weighted by atomic mass is 10.2. The van der Waals surface area contributed by atoms with Gasteiger partial charge in [-0.3, -0.25) is 4.21 Å². The summed E-state index contributed by atoms with van der Waals surface area (Å²) < 4.78 is 51.0. The third kappa shape index (κ3) is 4.19. The zero-order valence-corrected chi connectivity index (χ0v) is 12.2. The van der Waals surface area contributed by atoms with Gasteiger partial charge in [-0.1, -0.05) is 23.7 Å². The SMILES string of the molecule is O=S(/C=C/c1ccc(F)c(F)c1F)Cc1ccc(Cl)cc1. The van der Waals surface area contributed by atoms with Crippen LogP contribution in [0.4, 0.5) is 13.2 Å². The van der Waals surface area contributed by atoms with Gasteiger partial charge in [-0.2, -0.15) is 0 Å². The second-order valence-corrected chi connectivity index (χ2v) is 5.98. The third-order valence-electron chi connectivity index (χ3n) is 2.69. The van der Waals surface area contributed by atoms with Crippen LogP contribution in [0.25, 0.3) is 6.08 Å². The average Bonchev–Trinajstić information content (AvgIpc) is 2.46. The highest BCUT2D eigenvalue weighted by Crippen LogP contribution is 2.17. The molecule has 0 amide bonds. The molecular weight excluding hydrogens is 321 g/mol. The highest BCUT2D eigenvalue weighted by Gasteiger charge is 2.11. The molecule has 0 spiro atoms. The molecule has 1 atom stereocenters. The van der Waals surface area contributed by atoms with Crippen LogP contribution in [0.5, 0.6) is 0 Å². The zero-order valence-electron chi connectivity index (χ0n) is 10.7. The Labute approximate surface area is 127 Å². The molecule has 0 heterocycles. The average molecular weight is 331 g/mol. The fourth-order valence-electron chi connectivity index (χ4n) is 1.61. The van der Waals surface area contributed by atoms with E-state index in [2.05, 4.69) is 0 Å². The molecule has 110 valence electrons. The van der Waals surface area contributed by atoms with Crippen LogP contribution in [0.15, 0.2) is 41.8 Å². The zero-order chi connectivity index (χ0) is 15.4. The van der Waals surface area contributed by atoms with Crippen molar-refractivity contribution in [1.82, 2.24) is 0 Å². The van der Waals surface area contributed by atoms with Crippen LogP contribution in [-0.2, 0) is 16.6 Å². The molecule has 0 radical (unpaired) electrons. The minimum atomic E-state index is -1.54. The topological polar surface area (TPSA) is 17.1 Å². The number of hydrogen-bond acceptors (Lipinski definition) is 1. The van der Waals surface area contributed by atoms with E-state index in [1.807, 2.05) is 0 Å². The Morgan fingerprint density at radius 2 is 1.67 bits per heavy atom. The van der Waals surface area contributed by atoms with Gasteiger partial charge in [-0.25, -0.2) is 13.2 Å². The van der Waals surface area contributed by atoms with Crippen LogP contribution >= 0.6 is 11.6 Å². The van der Waals surface area contributed by atoms with Gasteiger partial charge in [0, 0.05) is 16.0 Å². The first kappa shape index (κ1) is 15.8. The predicted molar refractivity (Wildman–Crippen MR) is 78.6 cm³/mol. The largest absolute Gasteiger partial charge is 0.255 e. The number of rotatable bonds is 4. The summed E-state index contributed by atoms with van der Waals surface area (Å²) in [6, 6.07) is 8.71. The van der Waals surface area contributed by atoms with E-state index in [-0.39, 0.29) is 11.3 Å². The molecule has 0 fully saturated rings. The van der Waals surface area contributed by atoms with E-state index in [4.69, 9.17) is 11.6 Å². The highest BCUT2D eigenvalue weighted by atomic mass is 35.5. The lowest BCUT2D eigenvalue weighted by molar-refractivity contribution is 0.446. The van der Waals surface area contributed by atoms with Crippen LogP contribution < -0.4 is 0 Å². The molecule has 2 rings (SSSR count). The smallest absolute Gasteiger partial charge is 0.195 e. The summed E-state index contributed by atoms with van der Waals surface area (Å²) in [5.41, 5.74) is 0.645. The second-order valence-electron chi connectivity index (χ2n) is 4.22. The van der Waals surface area contributed by atoms with E-state index in [9.17, 15) is 17.4 Å². The Kier molecular flexibility index (Phi) is 5.20. The van der Waals surface area contributed by atoms with Gasteiger partial charge >= 0.3 is 0 Å². The Balaban J connectivity index is 2.09. The van der Waals surface area contributed by atoms with Crippen molar-refractivity contribution < 1.29 is 17.4 Å². The van der Waals surface area contributed by atoms with E-state index in [1.165, 1.54) is 11.5 Å². The quantitative estimate of drug-likeness (QED) is 0.744. The monoisotopic (exact) mass is 330 g/mol. The van der Waals surface area contributed by atoms with Crippen molar-refractivity contribution in [1.29, 1.82) is 0 Å². The summed E-state index contributed by atoms with van der Waals surface area (Å²) in [5.74, 6) is -3.87. The van der Waals surface area contributed by atoms with Crippen LogP contribution in [-0.4, -0.2) is 4.21 Å². The summed E-state index contributed by atoms with van der Waals surface area (Å²) in [6.45, 7) is 0. The van der Waals surface area contributed by atoms with Crippen molar-refractivity contribution in [2.24, 2.45) is 0 Å². The molecule has 0 aliphatic heterocycles. The normalized spacial score (nSPS) is 12.8.